The molecule has 2 aromatic carbocycles. The van der Waals surface area contributed by atoms with Gasteiger partial charge in [0.25, 0.3) is 0 Å². The molecule has 2 heterocycles. The fraction of sp³-hybridized carbons (Fsp3) is 0.222. The van der Waals surface area contributed by atoms with E-state index in [2.05, 4.69) is 69.8 Å². The van der Waals surface area contributed by atoms with Crippen LogP contribution in [0.3, 0.4) is 0 Å². The Hall–Kier alpha value is -2.26. The van der Waals surface area contributed by atoms with Crippen LogP contribution in [0.15, 0.2) is 54.6 Å². The predicted octanol–water partition coefficient (Wildman–Crippen LogP) is 3.24. The lowest BCUT2D eigenvalue weighted by molar-refractivity contribution is 0.586. The number of rotatable bonds is 2. The highest BCUT2D eigenvalue weighted by molar-refractivity contribution is 6.02. The van der Waals surface area contributed by atoms with Gasteiger partial charge in [-0.2, -0.15) is 0 Å². The Morgan fingerprint density at radius 3 is 2.33 bits per heavy atom. The molecule has 0 saturated carbocycles. The van der Waals surface area contributed by atoms with Gasteiger partial charge in [-0.15, -0.1) is 0 Å². The van der Waals surface area contributed by atoms with Crippen molar-refractivity contribution >= 4 is 16.7 Å². The van der Waals surface area contributed by atoms with Crippen molar-refractivity contribution in [2.75, 3.05) is 31.1 Å². The van der Waals surface area contributed by atoms with Gasteiger partial charge >= 0.3 is 0 Å². The van der Waals surface area contributed by atoms with E-state index in [9.17, 15) is 0 Å². The number of benzene rings is 2. The zero-order valence-corrected chi connectivity index (χ0v) is 12.0. The summed E-state index contributed by atoms with van der Waals surface area (Å²) in [5.74, 6) is 1.25. The molecule has 1 aliphatic heterocycles. The van der Waals surface area contributed by atoms with Gasteiger partial charge in [-0.05, 0) is 11.6 Å². The summed E-state index contributed by atoms with van der Waals surface area (Å²) in [4.78, 5) is 6.09. The van der Waals surface area contributed by atoms with Crippen LogP contribution < -0.4 is 10.2 Å². The zero-order chi connectivity index (χ0) is 14.1. The Bertz CT molecular complexity index is 740. The summed E-state index contributed by atoms with van der Waals surface area (Å²) in [6.07, 6.45) is 0. The lowest BCUT2D eigenvalue weighted by Crippen LogP contribution is -2.43. The first kappa shape index (κ1) is 12.5. The van der Waals surface area contributed by atoms with E-state index in [0.29, 0.717) is 0 Å². The van der Waals surface area contributed by atoms with Crippen molar-refractivity contribution in [2.24, 2.45) is 0 Å². The van der Waals surface area contributed by atoms with Crippen LogP contribution in [0.2, 0.25) is 0 Å². The van der Waals surface area contributed by atoms with Crippen molar-refractivity contribution in [3.8, 4) is 11.1 Å². The molecule has 0 radical (unpaired) electrons. The summed E-state index contributed by atoms with van der Waals surface area (Å²) < 4.78 is 0. The second-order valence-electron chi connectivity index (χ2n) is 5.50. The van der Waals surface area contributed by atoms with E-state index in [1.807, 2.05) is 0 Å². The van der Waals surface area contributed by atoms with Gasteiger partial charge in [0.05, 0.1) is 0 Å². The van der Waals surface area contributed by atoms with E-state index in [-0.39, 0.29) is 0 Å². The lowest BCUT2D eigenvalue weighted by atomic mass is 10.0. The van der Waals surface area contributed by atoms with E-state index >= 15 is 0 Å². The number of anilines is 1. The van der Waals surface area contributed by atoms with E-state index in [0.717, 1.165) is 26.2 Å². The summed E-state index contributed by atoms with van der Waals surface area (Å²) in [5, 5.41) is 4.72. The Morgan fingerprint density at radius 1 is 0.810 bits per heavy atom. The maximum absolute atomic E-state index is 3.63. The molecular formula is C18H19N3. The number of para-hydroxylation sites is 1. The first-order valence-electron chi connectivity index (χ1n) is 7.55. The van der Waals surface area contributed by atoms with Crippen LogP contribution in [0.25, 0.3) is 22.0 Å². The van der Waals surface area contributed by atoms with E-state index in [1.54, 1.807) is 0 Å². The average Bonchev–Trinajstić information content (AvgIpc) is 2.96. The van der Waals surface area contributed by atoms with Gasteiger partial charge in [-0.1, -0.05) is 48.5 Å². The second kappa shape index (κ2) is 5.26. The maximum Gasteiger partial charge on any atom is 0.115 e. The Labute approximate surface area is 124 Å². The van der Waals surface area contributed by atoms with Crippen molar-refractivity contribution in [2.45, 2.75) is 0 Å². The topological polar surface area (TPSA) is 31.1 Å². The van der Waals surface area contributed by atoms with Crippen molar-refractivity contribution in [1.29, 1.82) is 0 Å². The lowest BCUT2D eigenvalue weighted by Gasteiger charge is -2.29. The van der Waals surface area contributed by atoms with E-state index in [1.165, 1.54) is 27.8 Å². The molecule has 1 aliphatic rings. The number of nitrogens with zero attached hydrogens (tertiary/aromatic N) is 1. The molecule has 106 valence electrons. The number of H-pyrrole nitrogens is 1. The van der Waals surface area contributed by atoms with Crippen LogP contribution in [-0.2, 0) is 0 Å². The van der Waals surface area contributed by atoms with Crippen molar-refractivity contribution < 1.29 is 0 Å². The van der Waals surface area contributed by atoms with Crippen LogP contribution >= 0.6 is 0 Å². The third-order valence-electron chi connectivity index (χ3n) is 4.18. The van der Waals surface area contributed by atoms with Gasteiger partial charge in [0, 0.05) is 42.6 Å². The number of hydrogen-bond acceptors (Lipinski definition) is 2. The quantitative estimate of drug-likeness (QED) is 0.753. The molecule has 1 fully saturated rings. The summed E-state index contributed by atoms with van der Waals surface area (Å²) in [6, 6.07) is 19.3. The van der Waals surface area contributed by atoms with Crippen LogP contribution in [0.4, 0.5) is 5.82 Å². The Morgan fingerprint density at radius 2 is 1.52 bits per heavy atom. The molecule has 3 heteroatoms. The van der Waals surface area contributed by atoms with Crippen molar-refractivity contribution in [1.82, 2.24) is 10.3 Å². The minimum atomic E-state index is 1.05. The highest BCUT2D eigenvalue weighted by Crippen LogP contribution is 2.37. The first-order valence-corrected chi connectivity index (χ1v) is 7.55. The molecule has 0 spiro atoms. The Balaban J connectivity index is 1.92. The van der Waals surface area contributed by atoms with Crippen LogP contribution in [0.5, 0.6) is 0 Å². The van der Waals surface area contributed by atoms with Crippen molar-refractivity contribution in [3.05, 3.63) is 54.6 Å². The largest absolute Gasteiger partial charge is 0.355 e. The van der Waals surface area contributed by atoms with Gasteiger partial charge in [0.2, 0.25) is 0 Å². The third kappa shape index (κ3) is 2.20. The summed E-state index contributed by atoms with van der Waals surface area (Å²) in [7, 11) is 0. The number of fused-ring (bicyclic) bond motifs is 1. The highest BCUT2D eigenvalue weighted by Gasteiger charge is 2.19. The minimum absolute atomic E-state index is 1.05. The smallest absolute Gasteiger partial charge is 0.115 e. The Kier molecular flexibility index (Phi) is 3.13. The normalized spacial score (nSPS) is 15.5. The molecule has 2 N–H and O–H groups in total. The second-order valence-corrected chi connectivity index (χ2v) is 5.50. The standard InChI is InChI=1S/C18H19N3/c1-2-6-14(7-3-1)17-15-8-4-5-9-16(15)20-18(17)21-12-10-19-11-13-21/h1-9,19-20H,10-13H2. The summed E-state index contributed by atoms with van der Waals surface area (Å²) in [5.41, 5.74) is 3.82. The fourth-order valence-electron chi connectivity index (χ4n) is 3.15. The first-order chi connectivity index (χ1) is 10.4. The number of nitrogens with one attached hydrogen (secondary N) is 2. The SMILES string of the molecule is c1ccc(-c2c(N3CCNCC3)[nH]c3ccccc23)cc1. The molecule has 1 aromatic heterocycles. The molecule has 3 aromatic rings. The summed E-state index contributed by atoms with van der Waals surface area (Å²) in [6.45, 7) is 4.19. The average molecular weight is 277 g/mol. The molecular weight excluding hydrogens is 258 g/mol. The molecule has 0 aliphatic carbocycles. The molecule has 3 nitrogen and oxygen atoms in total. The monoisotopic (exact) mass is 277 g/mol. The molecule has 21 heavy (non-hydrogen) atoms. The van der Waals surface area contributed by atoms with E-state index in [4.69, 9.17) is 0 Å². The minimum Gasteiger partial charge on any atom is -0.355 e. The highest BCUT2D eigenvalue weighted by atomic mass is 15.2. The van der Waals surface area contributed by atoms with Gasteiger partial charge in [0.15, 0.2) is 0 Å². The maximum atomic E-state index is 3.63. The van der Waals surface area contributed by atoms with Crippen LogP contribution in [0, 0.1) is 0 Å². The molecule has 4 rings (SSSR count). The van der Waals surface area contributed by atoms with Gasteiger partial charge in [-0.25, -0.2) is 0 Å². The van der Waals surface area contributed by atoms with Crippen LogP contribution in [0.1, 0.15) is 0 Å². The van der Waals surface area contributed by atoms with Gasteiger partial charge < -0.3 is 15.2 Å². The molecule has 0 bridgehead atoms. The van der Waals surface area contributed by atoms with Crippen molar-refractivity contribution in [3.63, 3.8) is 0 Å². The predicted molar refractivity (Wildman–Crippen MR) is 88.8 cm³/mol. The number of hydrogen-bond donors (Lipinski definition) is 2. The number of piperazine rings is 1. The van der Waals surface area contributed by atoms with Crippen LogP contribution in [-0.4, -0.2) is 31.2 Å². The fourth-order valence-corrected chi connectivity index (χ4v) is 3.15. The van der Waals surface area contributed by atoms with Gasteiger partial charge in [-0.3, -0.25) is 0 Å². The zero-order valence-electron chi connectivity index (χ0n) is 12.0. The van der Waals surface area contributed by atoms with Gasteiger partial charge in [0.1, 0.15) is 5.82 Å². The molecule has 1 saturated heterocycles. The number of aromatic amines is 1. The van der Waals surface area contributed by atoms with E-state index < -0.39 is 0 Å². The molecule has 0 amide bonds. The molecule has 0 atom stereocenters. The summed E-state index contributed by atoms with van der Waals surface area (Å²) >= 11 is 0. The molecule has 0 unspecified atom stereocenters. The number of aromatic nitrogens is 1. The third-order valence-corrected chi connectivity index (χ3v) is 4.18.